The molecule has 0 spiro atoms. The first-order valence-corrected chi connectivity index (χ1v) is 8.89. The standard InChI is InChI=1S/C17H31N3/c1-11(2)9-20-10-19-16-6-15-13(5-17(16)20)3-12-4-14(15)8-18-7-12/h11-19H,3-10H2,1-2H3. The minimum atomic E-state index is 0.786. The van der Waals surface area contributed by atoms with Gasteiger partial charge in [-0.15, -0.1) is 0 Å². The predicted octanol–water partition coefficient (Wildman–Crippen LogP) is 1.90. The molecule has 2 aliphatic heterocycles. The summed E-state index contributed by atoms with van der Waals surface area (Å²) < 4.78 is 0. The molecule has 114 valence electrons. The predicted molar refractivity (Wildman–Crippen MR) is 82.4 cm³/mol. The second kappa shape index (κ2) is 5.26. The van der Waals surface area contributed by atoms with Gasteiger partial charge in [-0.3, -0.25) is 10.2 Å². The van der Waals surface area contributed by atoms with E-state index in [0.717, 1.165) is 48.3 Å². The minimum absolute atomic E-state index is 0.786. The van der Waals surface area contributed by atoms with E-state index in [0.29, 0.717) is 0 Å². The highest BCUT2D eigenvalue weighted by atomic mass is 15.3. The van der Waals surface area contributed by atoms with Gasteiger partial charge in [-0.05, 0) is 68.4 Å². The molecule has 4 aliphatic rings. The summed E-state index contributed by atoms with van der Waals surface area (Å²) >= 11 is 0. The Morgan fingerprint density at radius 2 is 1.90 bits per heavy atom. The highest BCUT2D eigenvalue weighted by molar-refractivity contribution is 5.03. The second-order valence-corrected chi connectivity index (χ2v) is 8.35. The Morgan fingerprint density at radius 3 is 2.75 bits per heavy atom. The third-order valence-corrected chi connectivity index (χ3v) is 6.48. The molecule has 20 heavy (non-hydrogen) atoms. The highest BCUT2D eigenvalue weighted by Crippen LogP contribution is 2.48. The van der Waals surface area contributed by atoms with Crippen molar-refractivity contribution in [2.24, 2.45) is 29.6 Å². The first kappa shape index (κ1) is 13.5. The summed E-state index contributed by atoms with van der Waals surface area (Å²) in [5.74, 6) is 4.79. The molecule has 6 atom stereocenters. The van der Waals surface area contributed by atoms with Gasteiger partial charge in [-0.25, -0.2) is 0 Å². The van der Waals surface area contributed by atoms with Crippen molar-refractivity contribution in [1.82, 2.24) is 15.5 Å². The van der Waals surface area contributed by atoms with Crippen LogP contribution in [0.25, 0.3) is 0 Å². The van der Waals surface area contributed by atoms with Crippen LogP contribution in [0.3, 0.4) is 0 Å². The molecule has 4 fully saturated rings. The van der Waals surface area contributed by atoms with Gasteiger partial charge in [0, 0.05) is 25.3 Å². The summed E-state index contributed by atoms with van der Waals surface area (Å²) in [6.07, 6.45) is 5.94. The largest absolute Gasteiger partial charge is 0.316 e. The molecule has 0 amide bonds. The fourth-order valence-corrected chi connectivity index (χ4v) is 5.79. The maximum atomic E-state index is 3.83. The van der Waals surface area contributed by atoms with Gasteiger partial charge in [0.25, 0.3) is 0 Å². The number of nitrogens with one attached hydrogen (secondary N) is 2. The molecule has 2 N–H and O–H groups in total. The molecule has 2 bridgehead atoms. The van der Waals surface area contributed by atoms with E-state index in [2.05, 4.69) is 29.4 Å². The normalized spacial score (nSPS) is 48.1. The van der Waals surface area contributed by atoms with Crippen molar-refractivity contribution in [2.45, 2.75) is 51.6 Å². The van der Waals surface area contributed by atoms with Gasteiger partial charge < -0.3 is 5.32 Å². The first-order valence-electron chi connectivity index (χ1n) is 8.89. The molecule has 0 radical (unpaired) electrons. The lowest BCUT2D eigenvalue weighted by molar-refractivity contribution is 0.0130. The molecule has 3 nitrogen and oxygen atoms in total. The molecule has 2 heterocycles. The van der Waals surface area contributed by atoms with Crippen molar-refractivity contribution in [1.29, 1.82) is 0 Å². The maximum absolute atomic E-state index is 3.83. The van der Waals surface area contributed by atoms with Crippen LogP contribution < -0.4 is 10.6 Å². The lowest BCUT2D eigenvalue weighted by Crippen LogP contribution is -2.54. The van der Waals surface area contributed by atoms with E-state index in [1.807, 2.05) is 0 Å². The van der Waals surface area contributed by atoms with Crippen molar-refractivity contribution in [2.75, 3.05) is 26.3 Å². The van der Waals surface area contributed by atoms with Crippen molar-refractivity contribution in [3.63, 3.8) is 0 Å². The van der Waals surface area contributed by atoms with Gasteiger partial charge >= 0.3 is 0 Å². The lowest BCUT2D eigenvalue weighted by Gasteiger charge is -2.51. The smallest absolute Gasteiger partial charge is 0.0486 e. The molecule has 2 saturated carbocycles. The number of rotatable bonds is 2. The van der Waals surface area contributed by atoms with Gasteiger partial charge in [0.05, 0.1) is 0 Å². The van der Waals surface area contributed by atoms with Crippen LogP contribution in [-0.2, 0) is 0 Å². The van der Waals surface area contributed by atoms with E-state index < -0.39 is 0 Å². The minimum Gasteiger partial charge on any atom is -0.316 e. The van der Waals surface area contributed by atoms with Crippen LogP contribution in [0.15, 0.2) is 0 Å². The summed E-state index contributed by atoms with van der Waals surface area (Å²) in [5, 5.41) is 7.51. The molecule has 2 saturated heterocycles. The molecular weight excluding hydrogens is 246 g/mol. The lowest BCUT2D eigenvalue weighted by atomic mass is 9.59. The Hall–Kier alpha value is -0.120. The molecule has 0 aromatic rings. The topological polar surface area (TPSA) is 27.3 Å². The van der Waals surface area contributed by atoms with Crippen LogP contribution in [0.1, 0.15) is 39.5 Å². The number of piperidine rings is 1. The van der Waals surface area contributed by atoms with Crippen LogP contribution in [0.5, 0.6) is 0 Å². The summed E-state index contributed by atoms with van der Waals surface area (Å²) in [5.41, 5.74) is 0. The summed E-state index contributed by atoms with van der Waals surface area (Å²) in [6, 6.07) is 1.62. The molecule has 6 unspecified atom stereocenters. The highest BCUT2D eigenvalue weighted by Gasteiger charge is 2.48. The monoisotopic (exact) mass is 277 g/mol. The van der Waals surface area contributed by atoms with Gasteiger partial charge in [0.15, 0.2) is 0 Å². The van der Waals surface area contributed by atoms with E-state index >= 15 is 0 Å². The third kappa shape index (κ3) is 2.32. The number of hydrogen-bond acceptors (Lipinski definition) is 3. The van der Waals surface area contributed by atoms with Gasteiger partial charge in [-0.2, -0.15) is 0 Å². The van der Waals surface area contributed by atoms with Gasteiger partial charge in [0.2, 0.25) is 0 Å². The van der Waals surface area contributed by atoms with Gasteiger partial charge in [-0.1, -0.05) is 13.8 Å². The molecule has 0 aromatic heterocycles. The van der Waals surface area contributed by atoms with Crippen LogP contribution >= 0.6 is 0 Å². The number of nitrogens with zero attached hydrogens (tertiary/aromatic N) is 1. The molecule has 0 aromatic carbocycles. The molecule has 4 rings (SSSR count). The van der Waals surface area contributed by atoms with Crippen molar-refractivity contribution < 1.29 is 0 Å². The van der Waals surface area contributed by atoms with Crippen LogP contribution in [0.4, 0.5) is 0 Å². The van der Waals surface area contributed by atoms with E-state index in [1.54, 1.807) is 0 Å². The summed E-state index contributed by atoms with van der Waals surface area (Å²) in [6.45, 7) is 9.72. The SMILES string of the molecule is CC(C)CN1CNC2CC3C4CNCC(C4)CC3CC21. The van der Waals surface area contributed by atoms with Crippen LogP contribution in [-0.4, -0.2) is 43.3 Å². The van der Waals surface area contributed by atoms with Crippen LogP contribution in [0.2, 0.25) is 0 Å². The quantitative estimate of drug-likeness (QED) is 0.807. The fourth-order valence-electron chi connectivity index (χ4n) is 5.79. The molecule has 2 aliphatic carbocycles. The van der Waals surface area contributed by atoms with Gasteiger partial charge in [0.1, 0.15) is 0 Å². The average Bonchev–Trinajstić information content (AvgIpc) is 2.79. The maximum Gasteiger partial charge on any atom is 0.0486 e. The Bertz CT molecular complexity index is 356. The Kier molecular flexibility index (Phi) is 3.56. The van der Waals surface area contributed by atoms with E-state index in [9.17, 15) is 0 Å². The molecular formula is C17H31N3. The van der Waals surface area contributed by atoms with Crippen molar-refractivity contribution in [3.8, 4) is 0 Å². The van der Waals surface area contributed by atoms with Crippen molar-refractivity contribution in [3.05, 3.63) is 0 Å². The summed E-state index contributed by atoms with van der Waals surface area (Å²) in [7, 11) is 0. The molecule has 3 heteroatoms. The number of hydrogen-bond donors (Lipinski definition) is 2. The van der Waals surface area contributed by atoms with Crippen LogP contribution in [0, 0.1) is 29.6 Å². The Balaban J connectivity index is 1.47. The third-order valence-electron chi connectivity index (χ3n) is 6.48. The first-order chi connectivity index (χ1) is 9.70. The summed E-state index contributed by atoms with van der Waals surface area (Å²) in [4.78, 5) is 2.74. The number of fused-ring (bicyclic) bond motifs is 5. The second-order valence-electron chi connectivity index (χ2n) is 8.35. The Labute approximate surface area is 123 Å². The van der Waals surface area contributed by atoms with Crippen molar-refractivity contribution >= 4 is 0 Å². The zero-order valence-electron chi connectivity index (χ0n) is 13.1. The van der Waals surface area contributed by atoms with E-state index in [4.69, 9.17) is 0 Å². The van der Waals surface area contributed by atoms with E-state index in [-0.39, 0.29) is 0 Å². The zero-order chi connectivity index (χ0) is 13.7. The zero-order valence-corrected chi connectivity index (χ0v) is 13.1. The fraction of sp³-hybridized carbons (Fsp3) is 1.00. The Morgan fingerprint density at radius 1 is 1.05 bits per heavy atom. The van der Waals surface area contributed by atoms with E-state index in [1.165, 1.54) is 45.3 Å². The average molecular weight is 277 g/mol.